The minimum absolute atomic E-state index is 0.0191. The molecule has 0 aliphatic rings. The number of hydrogen-bond acceptors (Lipinski definition) is 4. The highest BCUT2D eigenvalue weighted by Gasteiger charge is 2.20. The number of sulfonamides is 1. The van der Waals surface area contributed by atoms with Crippen LogP contribution in [0.3, 0.4) is 0 Å². The third kappa shape index (κ3) is 4.04. The average molecular weight is 272 g/mol. The van der Waals surface area contributed by atoms with Crippen LogP contribution in [0, 0.1) is 5.92 Å². The Morgan fingerprint density at radius 1 is 1.33 bits per heavy atom. The molecule has 0 aliphatic carbocycles. The molecule has 0 radical (unpaired) electrons. The maximum absolute atomic E-state index is 11.9. The van der Waals surface area contributed by atoms with Crippen LogP contribution in [0.4, 0.5) is 0 Å². The summed E-state index contributed by atoms with van der Waals surface area (Å²) in [6, 6.07) is 4.68. The second-order valence-corrected chi connectivity index (χ2v) is 5.88. The summed E-state index contributed by atoms with van der Waals surface area (Å²) in [5, 5.41) is 9.85. The zero-order chi connectivity index (χ0) is 13.6. The van der Waals surface area contributed by atoms with Gasteiger partial charge in [0.05, 0.1) is 6.10 Å². The van der Waals surface area contributed by atoms with Crippen molar-refractivity contribution in [2.45, 2.75) is 37.8 Å². The van der Waals surface area contributed by atoms with Crippen molar-refractivity contribution in [3.05, 3.63) is 24.4 Å². The standard InChI is InChI=1S/C12H20N2O3S/c1-3-10(4-2)11(15)9-14-18(16,17)12-7-5-6-8-13-12/h5-8,10-11,14-15H,3-4,9H2,1-2H3. The van der Waals surface area contributed by atoms with Gasteiger partial charge in [-0.05, 0) is 18.1 Å². The van der Waals surface area contributed by atoms with Crippen molar-refractivity contribution < 1.29 is 13.5 Å². The SMILES string of the molecule is CCC(CC)C(O)CNS(=O)(=O)c1ccccn1. The monoisotopic (exact) mass is 272 g/mol. The van der Waals surface area contributed by atoms with Crippen LogP contribution in [-0.4, -0.2) is 31.2 Å². The molecular formula is C12H20N2O3S. The van der Waals surface area contributed by atoms with Gasteiger partial charge in [-0.15, -0.1) is 0 Å². The van der Waals surface area contributed by atoms with Crippen molar-refractivity contribution in [2.24, 2.45) is 5.92 Å². The van der Waals surface area contributed by atoms with Gasteiger partial charge in [0.25, 0.3) is 10.0 Å². The lowest BCUT2D eigenvalue weighted by molar-refractivity contribution is 0.107. The number of pyridine rings is 1. The fraction of sp³-hybridized carbons (Fsp3) is 0.583. The largest absolute Gasteiger partial charge is 0.391 e. The topological polar surface area (TPSA) is 79.3 Å². The van der Waals surface area contributed by atoms with E-state index in [0.29, 0.717) is 0 Å². The molecule has 0 aromatic carbocycles. The van der Waals surface area contributed by atoms with E-state index in [0.717, 1.165) is 12.8 Å². The first-order valence-corrected chi connectivity index (χ1v) is 7.58. The first kappa shape index (κ1) is 15.1. The van der Waals surface area contributed by atoms with Crippen molar-refractivity contribution in [1.29, 1.82) is 0 Å². The third-order valence-electron chi connectivity index (χ3n) is 2.99. The molecule has 6 heteroatoms. The summed E-state index contributed by atoms with van der Waals surface area (Å²) in [5.74, 6) is 0.108. The number of nitrogens with one attached hydrogen (secondary N) is 1. The summed E-state index contributed by atoms with van der Waals surface area (Å²) in [5.41, 5.74) is 0. The number of hydrogen-bond donors (Lipinski definition) is 2. The maximum atomic E-state index is 11.9. The molecule has 1 aromatic heterocycles. The van der Waals surface area contributed by atoms with Crippen LogP contribution >= 0.6 is 0 Å². The zero-order valence-corrected chi connectivity index (χ0v) is 11.5. The Kier molecular flexibility index (Phi) is 5.71. The summed E-state index contributed by atoms with van der Waals surface area (Å²) in [4.78, 5) is 3.78. The van der Waals surface area contributed by atoms with E-state index in [2.05, 4.69) is 9.71 Å². The summed E-state index contributed by atoms with van der Waals surface area (Å²) in [6.45, 7) is 3.97. The van der Waals surface area contributed by atoms with Crippen LogP contribution in [0.5, 0.6) is 0 Å². The summed E-state index contributed by atoms with van der Waals surface area (Å²) < 4.78 is 26.1. The molecule has 0 amide bonds. The van der Waals surface area contributed by atoms with Gasteiger partial charge in [0.2, 0.25) is 0 Å². The van der Waals surface area contributed by atoms with Crippen LogP contribution in [0.1, 0.15) is 26.7 Å². The molecule has 0 spiro atoms. The predicted octanol–water partition coefficient (Wildman–Crippen LogP) is 1.16. The molecule has 0 fully saturated rings. The second-order valence-electron chi connectivity index (χ2n) is 4.16. The van der Waals surface area contributed by atoms with E-state index in [1.807, 2.05) is 13.8 Å². The Morgan fingerprint density at radius 3 is 2.50 bits per heavy atom. The highest BCUT2D eigenvalue weighted by atomic mass is 32.2. The number of aliphatic hydroxyl groups excluding tert-OH is 1. The molecule has 5 nitrogen and oxygen atoms in total. The van der Waals surface area contributed by atoms with Gasteiger partial charge in [-0.3, -0.25) is 0 Å². The highest BCUT2D eigenvalue weighted by Crippen LogP contribution is 2.13. The first-order chi connectivity index (χ1) is 8.51. The van der Waals surface area contributed by atoms with Crippen LogP contribution in [0.2, 0.25) is 0 Å². The minimum atomic E-state index is -3.63. The van der Waals surface area contributed by atoms with Crippen LogP contribution < -0.4 is 4.72 Å². The van der Waals surface area contributed by atoms with E-state index in [9.17, 15) is 13.5 Å². The fourth-order valence-corrected chi connectivity index (χ4v) is 2.77. The fourth-order valence-electron chi connectivity index (χ4n) is 1.77. The van der Waals surface area contributed by atoms with Crippen molar-refractivity contribution in [3.8, 4) is 0 Å². The van der Waals surface area contributed by atoms with Crippen molar-refractivity contribution in [3.63, 3.8) is 0 Å². The Morgan fingerprint density at radius 2 is 2.00 bits per heavy atom. The molecular weight excluding hydrogens is 252 g/mol. The number of aliphatic hydroxyl groups is 1. The van der Waals surface area contributed by atoms with Crippen LogP contribution in [0.25, 0.3) is 0 Å². The summed E-state index contributed by atoms with van der Waals surface area (Å²) >= 11 is 0. The predicted molar refractivity (Wildman–Crippen MR) is 69.5 cm³/mol. The third-order valence-corrected chi connectivity index (χ3v) is 4.33. The van der Waals surface area contributed by atoms with E-state index in [1.165, 1.54) is 12.3 Å². The van der Waals surface area contributed by atoms with Crippen LogP contribution in [-0.2, 0) is 10.0 Å². The van der Waals surface area contributed by atoms with E-state index < -0.39 is 16.1 Å². The van der Waals surface area contributed by atoms with Gasteiger partial charge >= 0.3 is 0 Å². The number of aromatic nitrogens is 1. The van der Waals surface area contributed by atoms with Gasteiger partial charge in [0.15, 0.2) is 5.03 Å². The maximum Gasteiger partial charge on any atom is 0.258 e. The number of rotatable bonds is 7. The Hall–Kier alpha value is -0.980. The molecule has 0 saturated heterocycles. The van der Waals surface area contributed by atoms with Crippen molar-refractivity contribution in [1.82, 2.24) is 9.71 Å². The Bertz CT molecular complexity index is 444. The lowest BCUT2D eigenvalue weighted by Gasteiger charge is -2.20. The molecule has 1 atom stereocenters. The van der Waals surface area contributed by atoms with E-state index >= 15 is 0 Å². The quantitative estimate of drug-likeness (QED) is 0.780. The molecule has 1 unspecified atom stereocenters. The molecule has 0 aliphatic heterocycles. The minimum Gasteiger partial charge on any atom is -0.391 e. The molecule has 0 saturated carbocycles. The lowest BCUT2D eigenvalue weighted by atomic mass is 9.97. The second kappa shape index (κ2) is 6.82. The smallest absolute Gasteiger partial charge is 0.258 e. The lowest BCUT2D eigenvalue weighted by Crippen LogP contribution is -2.36. The van der Waals surface area contributed by atoms with Gasteiger partial charge in [0.1, 0.15) is 0 Å². The van der Waals surface area contributed by atoms with Crippen molar-refractivity contribution in [2.75, 3.05) is 6.54 Å². The molecule has 2 N–H and O–H groups in total. The van der Waals surface area contributed by atoms with Crippen molar-refractivity contribution >= 4 is 10.0 Å². The van der Waals surface area contributed by atoms with Gasteiger partial charge in [-0.1, -0.05) is 32.8 Å². The normalized spacial score (nSPS) is 13.8. The Labute approximate surface area is 108 Å². The van der Waals surface area contributed by atoms with E-state index in [1.54, 1.807) is 12.1 Å². The van der Waals surface area contributed by atoms with Gasteiger partial charge in [-0.25, -0.2) is 18.1 Å². The van der Waals surface area contributed by atoms with E-state index in [-0.39, 0.29) is 17.5 Å². The van der Waals surface area contributed by atoms with E-state index in [4.69, 9.17) is 0 Å². The zero-order valence-electron chi connectivity index (χ0n) is 10.7. The Balaban J connectivity index is 2.63. The first-order valence-electron chi connectivity index (χ1n) is 6.10. The summed E-state index contributed by atoms with van der Waals surface area (Å²) in [6.07, 6.45) is 2.40. The number of nitrogens with zero attached hydrogens (tertiary/aromatic N) is 1. The molecule has 1 aromatic rings. The average Bonchev–Trinajstić information content (AvgIpc) is 2.39. The molecule has 0 bridgehead atoms. The summed E-state index contributed by atoms with van der Waals surface area (Å²) in [7, 11) is -3.63. The van der Waals surface area contributed by atoms with Gasteiger partial charge in [0, 0.05) is 12.7 Å². The van der Waals surface area contributed by atoms with Gasteiger partial charge in [-0.2, -0.15) is 0 Å². The molecule has 102 valence electrons. The van der Waals surface area contributed by atoms with Gasteiger partial charge < -0.3 is 5.11 Å². The highest BCUT2D eigenvalue weighted by molar-refractivity contribution is 7.89. The van der Waals surface area contributed by atoms with Crippen LogP contribution in [0.15, 0.2) is 29.4 Å². The molecule has 18 heavy (non-hydrogen) atoms. The molecule has 1 heterocycles. The molecule has 1 rings (SSSR count).